The molecule has 1 unspecified atom stereocenters. The van der Waals surface area contributed by atoms with Crippen LogP contribution in [0.2, 0.25) is 0 Å². The Bertz CT molecular complexity index is 475. The molecule has 2 rings (SSSR count). The van der Waals surface area contributed by atoms with Crippen LogP contribution in [-0.2, 0) is 4.79 Å². The molecule has 0 radical (unpaired) electrons. The topological polar surface area (TPSA) is 105 Å². The summed E-state index contributed by atoms with van der Waals surface area (Å²) < 4.78 is 5.37. The van der Waals surface area contributed by atoms with Crippen LogP contribution in [0.3, 0.4) is 0 Å². The standard InChI is InChI=1S/C10H12N4O3/c1-5-9(15)13-7-4-6(12-10(16)14-11)2-3-8(7)17-5/h2-5H,11H2,1H3,(H,13,15)(H2,12,14,16). The summed E-state index contributed by atoms with van der Waals surface area (Å²) in [6.07, 6.45) is -0.520. The third kappa shape index (κ3) is 2.28. The molecule has 1 aromatic rings. The van der Waals surface area contributed by atoms with Gasteiger partial charge in [0.15, 0.2) is 6.10 Å². The van der Waals surface area contributed by atoms with Gasteiger partial charge in [0.2, 0.25) is 0 Å². The van der Waals surface area contributed by atoms with E-state index in [2.05, 4.69) is 10.6 Å². The number of nitrogens with two attached hydrogens (primary N) is 1. The van der Waals surface area contributed by atoms with Gasteiger partial charge in [-0.25, -0.2) is 10.6 Å². The van der Waals surface area contributed by atoms with Gasteiger partial charge >= 0.3 is 6.03 Å². The van der Waals surface area contributed by atoms with Crippen molar-refractivity contribution >= 4 is 23.3 Å². The van der Waals surface area contributed by atoms with Gasteiger partial charge in [-0.3, -0.25) is 10.2 Å². The fourth-order valence-corrected chi connectivity index (χ4v) is 1.45. The highest BCUT2D eigenvalue weighted by molar-refractivity contribution is 5.99. The van der Waals surface area contributed by atoms with Gasteiger partial charge in [0.25, 0.3) is 5.91 Å². The van der Waals surface area contributed by atoms with E-state index in [0.717, 1.165) is 0 Å². The number of hydrazine groups is 1. The second-order valence-corrected chi connectivity index (χ2v) is 3.56. The van der Waals surface area contributed by atoms with Gasteiger partial charge in [-0.05, 0) is 25.1 Å². The molecular weight excluding hydrogens is 224 g/mol. The Morgan fingerprint density at radius 1 is 1.53 bits per heavy atom. The SMILES string of the molecule is CC1Oc2ccc(NC(=O)NN)cc2NC1=O. The minimum atomic E-state index is -0.540. The van der Waals surface area contributed by atoms with Crippen LogP contribution in [0.1, 0.15) is 6.92 Å². The van der Waals surface area contributed by atoms with Crippen LogP contribution in [0, 0.1) is 0 Å². The molecule has 1 aliphatic heterocycles. The van der Waals surface area contributed by atoms with Crippen LogP contribution >= 0.6 is 0 Å². The molecule has 0 aliphatic carbocycles. The molecule has 5 N–H and O–H groups in total. The first-order chi connectivity index (χ1) is 8.10. The maximum absolute atomic E-state index is 11.4. The Hall–Kier alpha value is -2.28. The molecule has 0 aromatic heterocycles. The van der Waals surface area contributed by atoms with Crippen molar-refractivity contribution in [1.82, 2.24) is 5.43 Å². The van der Waals surface area contributed by atoms with Gasteiger partial charge in [-0.1, -0.05) is 0 Å². The summed E-state index contributed by atoms with van der Waals surface area (Å²) in [6, 6.07) is 4.37. The summed E-state index contributed by atoms with van der Waals surface area (Å²) >= 11 is 0. The van der Waals surface area contributed by atoms with Crippen molar-refractivity contribution in [2.24, 2.45) is 5.84 Å². The predicted molar refractivity (Wildman–Crippen MR) is 61.5 cm³/mol. The van der Waals surface area contributed by atoms with Gasteiger partial charge in [-0.15, -0.1) is 0 Å². The molecular formula is C10H12N4O3. The van der Waals surface area contributed by atoms with Gasteiger partial charge in [0.05, 0.1) is 5.69 Å². The second-order valence-electron chi connectivity index (χ2n) is 3.56. The molecule has 17 heavy (non-hydrogen) atoms. The van der Waals surface area contributed by atoms with E-state index < -0.39 is 12.1 Å². The number of hydrogen-bond acceptors (Lipinski definition) is 4. The normalized spacial score (nSPS) is 17.5. The van der Waals surface area contributed by atoms with Crippen molar-refractivity contribution in [2.45, 2.75) is 13.0 Å². The number of hydrogen-bond donors (Lipinski definition) is 4. The van der Waals surface area contributed by atoms with Gasteiger partial charge in [0.1, 0.15) is 5.75 Å². The molecule has 7 nitrogen and oxygen atoms in total. The zero-order valence-corrected chi connectivity index (χ0v) is 9.11. The lowest BCUT2D eigenvalue weighted by Crippen LogP contribution is -2.35. The lowest BCUT2D eigenvalue weighted by molar-refractivity contribution is -0.122. The molecule has 0 saturated carbocycles. The van der Waals surface area contributed by atoms with Crippen molar-refractivity contribution in [3.8, 4) is 5.75 Å². The summed E-state index contributed by atoms with van der Waals surface area (Å²) in [5, 5.41) is 5.16. The second kappa shape index (κ2) is 4.30. The lowest BCUT2D eigenvalue weighted by Gasteiger charge is -2.23. The monoisotopic (exact) mass is 236 g/mol. The minimum absolute atomic E-state index is 0.224. The zero-order chi connectivity index (χ0) is 12.4. The van der Waals surface area contributed by atoms with Crippen molar-refractivity contribution < 1.29 is 14.3 Å². The van der Waals surface area contributed by atoms with E-state index in [9.17, 15) is 9.59 Å². The maximum Gasteiger partial charge on any atom is 0.333 e. The number of amides is 3. The van der Waals surface area contributed by atoms with Crippen LogP contribution < -0.4 is 26.6 Å². The number of urea groups is 1. The third-order valence-electron chi connectivity index (χ3n) is 2.30. The van der Waals surface area contributed by atoms with E-state index in [4.69, 9.17) is 10.6 Å². The van der Waals surface area contributed by atoms with Crippen LogP contribution in [0.15, 0.2) is 18.2 Å². The van der Waals surface area contributed by atoms with Crippen molar-refractivity contribution in [1.29, 1.82) is 0 Å². The number of ether oxygens (including phenoxy) is 1. The van der Waals surface area contributed by atoms with Crippen LogP contribution in [-0.4, -0.2) is 18.0 Å². The Labute approximate surface area is 97.3 Å². The van der Waals surface area contributed by atoms with E-state index >= 15 is 0 Å². The quantitative estimate of drug-likeness (QED) is 0.322. The highest BCUT2D eigenvalue weighted by Crippen LogP contribution is 2.31. The Kier molecular flexibility index (Phi) is 2.84. The summed E-state index contributed by atoms with van der Waals surface area (Å²) in [5.41, 5.74) is 2.96. The van der Waals surface area contributed by atoms with Crippen molar-refractivity contribution in [2.75, 3.05) is 10.6 Å². The molecule has 0 saturated heterocycles. The van der Waals surface area contributed by atoms with Crippen LogP contribution in [0.5, 0.6) is 5.75 Å². The fourth-order valence-electron chi connectivity index (χ4n) is 1.45. The lowest BCUT2D eigenvalue weighted by atomic mass is 10.2. The molecule has 1 atom stereocenters. The number of carbonyl (C=O) groups is 2. The molecule has 3 amide bonds. The van der Waals surface area contributed by atoms with Gasteiger partial charge < -0.3 is 15.4 Å². The van der Waals surface area contributed by atoms with Gasteiger partial charge in [-0.2, -0.15) is 0 Å². The summed E-state index contributed by atoms with van der Waals surface area (Å²) in [7, 11) is 0. The van der Waals surface area contributed by atoms with E-state index in [1.165, 1.54) is 0 Å². The summed E-state index contributed by atoms with van der Waals surface area (Å²) in [5.74, 6) is 5.28. The molecule has 1 aromatic carbocycles. The third-order valence-corrected chi connectivity index (χ3v) is 2.30. The first kappa shape index (κ1) is 11.2. The number of carbonyl (C=O) groups excluding carboxylic acids is 2. The molecule has 1 aliphatic rings. The van der Waals surface area contributed by atoms with Gasteiger partial charge in [0, 0.05) is 5.69 Å². The van der Waals surface area contributed by atoms with E-state index in [0.29, 0.717) is 17.1 Å². The number of fused-ring (bicyclic) bond motifs is 1. The molecule has 0 fully saturated rings. The van der Waals surface area contributed by atoms with Crippen LogP contribution in [0.4, 0.5) is 16.2 Å². The number of benzene rings is 1. The summed E-state index contributed by atoms with van der Waals surface area (Å²) in [6.45, 7) is 1.66. The number of nitrogens with one attached hydrogen (secondary N) is 3. The average Bonchev–Trinajstić information content (AvgIpc) is 2.31. The van der Waals surface area contributed by atoms with E-state index in [-0.39, 0.29) is 5.91 Å². The van der Waals surface area contributed by atoms with Crippen molar-refractivity contribution in [3.63, 3.8) is 0 Å². The minimum Gasteiger partial charge on any atom is -0.479 e. The molecule has 7 heteroatoms. The van der Waals surface area contributed by atoms with E-state index in [1.807, 2.05) is 5.43 Å². The summed E-state index contributed by atoms with van der Waals surface area (Å²) in [4.78, 5) is 22.4. The number of rotatable bonds is 1. The van der Waals surface area contributed by atoms with Crippen LogP contribution in [0.25, 0.3) is 0 Å². The first-order valence-corrected chi connectivity index (χ1v) is 4.99. The highest BCUT2D eigenvalue weighted by Gasteiger charge is 2.23. The zero-order valence-electron chi connectivity index (χ0n) is 9.11. The number of anilines is 2. The predicted octanol–water partition coefficient (Wildman–Crippen LogP) is 0.401. The maximum atomic E-state index is 11.4. The molecule has 90 valence electrons. The largest absolute Gasteiger partial charge is 0.479 e. The first-order valence-electron chi connectivity index (χ1n) is 4.99. The molecule has 1 heterocycles. The van der Waals surface area contributed by atoms with E-state index in [1.54, 1.807) is 25.1 Å². The smallest absolute Gasteiger partial charge is 0.333 e. The molecule has 0 spiro atoms. The fraction of sp³-hybridized carbons (Fsp3) is 0.200. The Morgan fingerprint density at radius 2 is 2.29 bits per heavy atom. The average molecular weight is 236 g/mol. The Morgan fingerprint density at radius 3 is 3.00 bits per heavy atom. The Balaban J connectivity index is 2.22. The molecule has 0 bridgehead atoms. The highest BCUT2D eigenvalue weighted by atomic mass is 16.5. The van der Waals surface area contributed by atoms with Crippen molar-refractivity contribution in [3.05, 3.63) is 18.2 Å².